The first-order chi connectivity index (χ1) is 4.70. The van der Waals surface area contributed by atoms with E-state index in [4.69, 9.17) is 17.3 Å². The van der Waals surface area contributed by atoms with E-state index in [1.54, 1.807) is 0 Å². The van der Waals surface area contributed by atoms with E-state index in [0.29, 0.717) is 5.56 Å². The minimum absolute atomic E-state index is 0. The van der Waals surface area contributed by atoms with Gasteiger partial charge in [-0.15, -0.1) is 0 Å². The summed E-state index contributed by atoms with van der Waals surface area (Å²) in [6.07, 6.45) is 1.43. The number of hydrogen-bond donors (Lipinski definition) is 1. The number of primary amides is 1. The molecule has 1 amide bonds. The number of nitrogens with zero attached hydrogens (tertiary/aromatic N) is 1. The van der Waals surface area contributed by atoms with Crippen molar-refractivity contribution in [2.75, 3.05) is 0 Å². The van der Waals surface area contributed by atoms with Crippen molar-refractivity contribution in [3.8, 4) is 0 Å². The summed E-state index contributed by atoms with van der Waals surface area (Å²) in [6, 6.07) is 2.93. The van der Waals surface area contributed by atoms with Crippen LogP contribution in [0.25, 0.3) is 0 Å². The quantitative estimate of drug-likeness (QED) is 0.495. The van der Waals surface area contributed by atoms with E-state index < -0.39 is 5.91 Å². The third kappa shape index (κ3) is 3.20. The van der Waals surface area contributed by atoms with Gasteiger partial charge in [0, 0.05) is 11.8 Å². The minimum atomic E-state index is -0.496. The molecule has 0 aliphatic heterocycles. The van der Waals surface area contributed by atoms with Crippen LogP contribution in [0.4, 0.5) is 0 Å². The van der Waals surface area contributed by atoms with Gasteiger partial charge in [0.1, 0.15) is 5.15 Å². The van der Waals surface area contributed by atoms with E-state index in [0.717, 1.165) is 0 Å². The molecule has 0 saturated heterocycles. The zero-order valence-electron chi connectivity index (χ0n) is 5.04. The number of rotatable bonds is 1. The zero-order chi connectivity index (χ0) is 7.56. The predicted molar refractivity (Wildman–Crippen MR) is 44.9 cm³/mol. The van der Waals surface area contributed by atoms with Gasteiger partial charge in [0.2, 0.25) is 5.91 Å². The Labute approximate surface area is 91.2 Å². The van der Waals surface area contributed by atoms with Gasteiger partial charge in [-0.25, -0.2) is 4.98 Å². The van der Waals surface area contributed by atoms with Gasteiger partial charge in [-0.05, 0) is 12.1 Å². The molecule has 5 heteroatoms. The fourth-order valence-electron chi connectivity index (χ4n) is 0.556. The van der Waals surface area contributed by atoms with E-state index in [2.05, 4.69) is 4.98 Å². The van der Waals surface area contributed by atoms with Gasteiger partial charge in [0.05, 0.1) is 0 Å². The normalized spacial score (nSPS) is 8.45. The van der Waals surface area contributed by atoms with Crippen molar-refractivity contribution in [1.82, 2.24) is 4.98 Å². The molecule has 1 aromatic rings. The molecule has 0 unspecified atom stereocenters. The topological polar surface area (TPSA) is 56.0 Å². The van der Waals surface area contributed by atoms with Crippen molar-refractivity contribution in [1.29, 1.82) is 0 Å². The average Bonchev–Trinajstić information content (AvgIpc) is 1.88. The van der Waals surface area contributed by atoms with Crippen LogP contribution >= 0.6 is 11.6 Å². The second-order valence-corrected chi connectivity index (χ2v) is 2.12. The predicted octanol–water partition coefficient (Wildman–Crippen LogP) is 0.185. The van der Waals surface area contributed by atoms with Crippen LogP contribution in [0.3, 0.4) is 0 Å². The van der Waals surface area contributed by atoms with E-state index in [9.17, 15) is 4.79 Å². The second-order valence-electron chi connectivity index (χ2n) is 1.73. The third-order valence-corrected chi connectivity index (χ3v) is 1.22. The standard InChI is InChI=1S/C6H5ClN2O.Na.H/c7-5-3-4(6(8)10)1-2-9-5;;/h1-3H,(H2,8,10);;. The monoisotopic (exact) mass is 180 g/mol. The summed E-state index contributed by atoms with van der Waals surface area (Å²) in [5, 5.41) is 0.274. The van der Waals surface area contributed by atoms with Crippen molar-refractivity contribution in [3.05, 3.63) is 29.0 Å². The average molecular weight is 181 g/mol. The van der Waals surface area contributed by atoms with E-state index in [1.165, 1.54) is 18.3 Å². The van der Waals surface area contributed by atoms with Crippen LogP contribution < -0.4 is 5.73 Å². The molecule has 1 rings (SSSR count). The van der Waals surface area contributed by atoms with Gasteiger partial charge in [0.25, 0.3) is 0 Å². The number of carbonyl (C=O) groups excluding carboxylic acids is 1. The summed E-state index contributed by atoms with van der Waals surface area (Å²) in [5.74, 6) is -0.496. The fraction of sp³-hybridized carbons (Fsp3) is 0. The molecule has 0 saturated carbocycles. The molecule has 1 heterocycles. The Bertz CT molecular complexity index is 267. The van der Waals surface area contributed by atoms with Crippen LogP contribution in [0.5, 0.6) is 0 Å². The molecular formula is C6H6ClN2NaO. The van der Waals surface area contributed by atoms with Crippen molar-refractivity contribution >= 4 is 47.1 Å². The molecule has 0 bridgehead atoms. The number of hydrogen-bond acceptors (Lipinski definition) is 2. The molecule has 1 aromatic heterocycles. The van der Waals surface area contributed by atoms with Crippen LogP contribution in [0, 0.1) is 0 Å². The number of carbonyl (C=O) groups is 1. The first-order valence-corrected chi connectivity index (χ1v) is 2.99. The van der Waals surface area contributed by atoms with Crippen molar-refractivity contribution in [2.45, 2.75) is 0 Å². The summed E-state index contributed by atoms with van der Waals surface area (Å²) in [6.45, 7) is 0. The SMILES string of the molecule is NC(=O)c1ccnc(Cl)c1.[NaH]. The zero-order valence-corrected chi connectivity index (χ0v) is 5.80. The molecule has 0 aliphatic carbocycles. The number of aromatic nitrogens is 1. The summed E-state index contributed by atoms with van der Waals surface area (Å²) in [4.78, 5) is 14.2. The van der Waals surface area contributed by atoms with E-state index >= 15 is 0 Å². The summed E-state index contributed by atoms with van der Waals surface area (Å²) < 4.78 is 0. The maximum absolute atomic E-state index is 10.5. The molecule has 0 aromatic carbocycles. The van der Waals surface area contributed by atoms with E-state index in [-0.39, 0.29) is 34.7 Å². The number of amides is 1. The maximum atomic E-state index is 10.5. The van der Waals surface area contributed by atoms with Gasteiger partial charge in [-0.1, -0.05) is 11.6 Å². The Kier molecular flexibility index (Phi) is 4.68. The van der Waals surface area contributed by atoms with Crippen molar-refractivity contribution in [3.63, 3.8) is 0 Å². The number of nitrogens with two attached hydrogens (primary N) is 1. The second kappa shape index (κ2) is 4.72. The van der Waals surface area contributed by atoms with Gasteiger partial charge in [-0.3, -0.25) is 4.79 Å². The molecule has 0 aliphatic rings. The summed E-state index contributed by atoms with van der Waals surface area (Å²) in [7, 11) is 0. The van der Waals surface area contributed by atoms with Gasteiger partial charge in [-0.2, -0.15) is 0 Å². The molecule has 3 nitrogen and oxygen atoms in total. The van der Waals surface area contributed by atoms with Crippen LogP contribution in [0.2, 0.25) is 5.15 Å². The number of halogens is 1. The molecule has 11 heavy (non-hydrogen) atoms. The van der Waals surface area contributed by atoms with E-state index in [1.807, 2.05) is 0 Å². The Morgan fingerprint density at radius 3 is 2.64 bits per heavy atom. The van der Waals surface area contributed by atoms with Crippen LogP contribution in [-0.2, 0) is 0 Å². The van der Waals surface area contributed by atoms with Gasteiger partial charge >= 0.3 is 29.6 Å². The van der Waals surface area contributed by atoms with Gasteiger partial charge in [0.15, 0.2) is 0 Å². The molecule has 0 spiro atoms. The molecule has 0 atom stereocenters. The first-order valence-electron chi connectivity index (χ1n) is 2.61. The summed E-state index contributed by atoms with van der Waals surface area (Å²) >= 11 is 5.47. The molecule has 54 valence electrons. The Hall–Kier alpha value is -0.0900. The fourth-order valence-corrected chi connectivity index (χ4v) is 0.730. The third-order valence-electron chi connectivity index (χ3n) is 1.01. The molecule has 0 radical (unpaired) electrons. The Morgan fingerprint density at radius 1 is 1.64 bits per heavy atom. The van der Waals surface area contributed by atoms with Gasteiger partial charge < -0.3 is 5.73 Å². The van der Waals surface area contributed by atoms with Crippen molar-refractivity contribution in [2.24, 2.45) is 5.73 Å². The molecule has 2 N–H and O–H groups in total. The van der Waals surface area contributed by atoms with Crippen LogP contribution in [0.1, 0.15) is 10.4 Å². The number of pyridine rings is 1. The van der Waals surface area contributed by atoms with Crippen molar-refractivity contribution < 1.29 is 4.79 Å². The van der Waals surface area contributed by atoms with Crippen LogP contribution in [0.15, 0.2) is 18.3 Å². The van der Waals surface area contributed by atoms with Crippen LogP contribution in [-0.4, -0.2) is 40.4 Å². The summed E-state index contributed by atoms with van der Waals surface area (Å²) in [5.41, 5.74) is 5.33. The Balaban J connectivity index is 0.000001000. The first kappa shape index (κ1) is 10.9. The molecule has 0 fully saturated rings. The Morgan fingerprint density at radius 2 is 2.27 bits per heavy atom. The molecular weight excluding hydrogens is 175 g/mol.